The third kappa shape index (κ3) is 3.94. The summed E-state index contributed by atoms with van der Waals surface area (Å²) in [6.07, 6.45) is 5.48. The van der Waals surface area contributed by atoms with Gasteiger partial charge < -0.3 is 5.32 Å². The Balaban J connectivity index is 1.55. The monoisotopic (exact) mass is 453 g/mol. The number of nitrogens with zero attached hydrogens (tertiary/aromatic N) is 2. The van der Waals surface area contributed by atoms with Gasteiger partial charge in [-0.1, -0.05) is 29.5 Å². The predicted molar refractivity (Wildman–Crippen MR) is 128 cm³/mol. The molecule has 1 unspecified atom stereocenters. The molecule has 0 bridgehead atoms. The van der Waals surface area contributed by atoms with Gasteiger partial charge in [-0.2, -0.15) is 0 Å². The Kier molecular flexibility index (Phi) is 5.42. The largest absolute Gasteiger partial charge is 0.353 e. The number of thiophene rings is 1. The predicted octanol–water partition coefficient (Wildman–Crippen LogP) is 4.56. The molecule has 1 saturated carbocycles. The minimum Gasteiger partial charge on any atom is -0.353 e. The Morgan fingerprint density at radius 3 is 2.87 bits per heavy atom. The summed E-state index contributed by atoms with van der Waals surface area (Å²) in [5.41, 5.74) is 4.21. The molecule has 1 amide bonds. The van der Waals surface area contributed by atoms with E-state index < -0.39 is 0 Å². The molecule has 2 aromatic heterocycles. The van der Waals surface area contributed by atoms with Gasteiger partial charge in [-0.3, -0.25) is 14.2 Å². The Morgan fingerprint density at radius 2 is 2.13 bits per heavy atom. The first-order valence-corrected chi connectivity index (χ1v) is 12.8. The zero-order chi connectivity index (χ0) is 21.7. The van der Waals surface area contributed by atoms with Crippen LogP contribution in [0.1, 0.15) is 47.8 Å². The van der Waals surface area contributed by atoms with E-state index in [2.05, 4.69) is 18.3 Å². The number of nitrogens with one attached hydrogen (secondary N) is 1. The van der Waals surface area contributed by atoms with Crippen LogP contribution in [0.2, 0.25) is 0 Å². The third-order valence-electron chi connectivity index (χ3n) is 6.35. The molecule has 162 valence electrons. The fourth-order valence-electron chi connectivity index (χ4n) is 4.53. The Labute approximate surface area is 190 Å². The summed E-state index contributed by atoms with van der Waals surface area (Å²) < 4.78 is 1.73. The van der Waals surface area contributed by atoms with Crippen molar-refractivity contribution in [2.75, 3.05) is 5.75 Å². The van der Waals surface area contributed by atoms with Crippen molar-refractivity contribution in [1.82, 2.24) is 14.9 Å². The zero-order valence-corrected chi connectivity index (χ0v) is 19.8. The second-order valence-corrected chi connectivity index (χ2v) is 10.9. The van der Waals surface area contributed by atoms with Crippen LogP contribution in [0.15, 0.2) is 28.2 Å². The van der Waals surface area contributed by atoms with E-state index in [1.54, 1.807) is 15.9 Å². The number of thioether (sulfide) groups is 1. The highest BCUT2D eigenvalue weighted by Gasteiger charge is 2.29. The first-order chi connectivity index (χ1) is 14.9. The fourth-order valence-corrected chi connectivity index (χ4v) is 6.65. The molecule has 0 radical (unpaired) electrons. The SMILES string of the molecule is Cc1ccc(-n2c(SCC(=O)NC(C)C3CC3)nc3sc4c(c3c2=O)CCC4)c(C)c1. The molecule has 1 atom stereocenters. The lowest BCUT2D eigenvalue weighted by Gasteiger charge is -2.16. The van der Waals surface area contributed by atoms with Gasteiger partial charge in [0.1, 0.15) is 4.83 Å². The van der Waals surface area contributed by atoms with Gasteiger partial charge in [0.05, 0.1) is 16.8 Å². The van der Waals surface area contributed by atoms with E-state index in [1.807, 2.05) is 26.0 Å². The van der Waals surface area contributed by atoms with Crippen molar-refractivity contribution in [3.05, 3.63) is 50.1 Å². The molecule has 1 fully saturated rings. The fraction of sp³-hybridized carbons (Fsp3) is 0.458. The average molecular weight is 454 g/mol. The number of fused-ring (bicyclic) bond motifs is 3. The lowest BCUT2D eigenvalue weighted by atomic mass is 10.1. The summed E-state index contributed by atoms with van der Waals surface area (Å²) in [4.78, 5) is 33.3. The van der Waals surface area contributed by atoms with Crippen molar-refractivity contribution in [3.63, 3.8) is 0 Å². The van der Waals surface area contributed by atoms with Crippen LogP contribution < -0.4 is 10.9 Å². The first kappa shape index (κ1) is 20.8. The van der Waals surface area contributed by atoms with E-state index in [-0.39, 0.29) is 23.3 Å². The van der Waals surface area contributed by atoms with Crippen LogP contribution in [0.5, 0.6) is 0 Å². The van der Waals surface area contributed by atoms with Gasteiger partial charge in [-0.05, 0) is 76.0 Å². The number of rotatable bonds is 6. The maximum atomic E-state index is 13.7. The van der Waals surface area contributed by atoms with E-state index in [0.717, 1.165) is 46.3 Å². The molecule has 5 rings (SSSR count). The van der Waals surface area contributed by atoms with Gasteiger partial charge >= 0.3 is 0 Å². The third-order valence-corrected chi connectivity index (χ3v) is 8.48. The molecular weight excluding hydrogens is 426 g/mol. The van der Waals surface area contributed by atoms with E-state index in [9.17, 15) is 9.59 Å². The maximum absolute atomic E-state index is 13.7. The van der Waals surface area contributed by atoms with Crippen LogP contribution in [0.4, 0.5) is 0 Å². The smallest absolute Gasteiger partial charge is 0.267 e. The van der Waals surface area contributed by atoms with Crippen molar-refractivity contribution in [1.29, 1.82) is 0 Å². The van der Waals surface area contributed by atoms with Gasteiger partial charge in [0, 0.05) is 10.9 Å². The molecule has 0 spiro atoms. The number of carbonyl (C=O) groups is 1. The number of aromatic nitrogens is 2. The van der Waals surface area contributed by atoms with E-state index in [0.29, 0.717) is 11.1 Å². The molecule has 31 heavy (non-hydrogen) atoms. The molecule has 7 heteroatoms. The molecule has 0 aliphatic heterocycles. The maximum Gasteiger partial charge on any atom is 0.267 e. The van der Waals surface area contributed by atoms with E-state index >= 15 is 0 Å². The van der Waals surface area contributed by atoms with Crippen molar-refractivity contribution in [3.8, 4) is 5.69 Å². The molecule has 5 nitrogen and oxygen atoms in total. The summed E-state index contributed by atoms with van der Waals surface area (Å²) in [6, 6.07) is 6.31. The number of hydrogen-bond acceptors (Lipinski definition) is 5. The second-order valence-electron chi connectivity index (χ2n) is 8.84. The van der Waals surface area contributed by atoms with Crippen LogP contribution in [0, 0.1) is 19.8 Å². The standard InChI is InChI=1S/C24H27N3O2S2/c1-13-7-10-18(14(2)11-13)27-23(29)21-17-5-4-6-19(17)31-22(21)26-24(27)30-12-20(28)25-15(3)16-8-9-16/h7,10-11,15-16H,4-6,8-9,12H2,1-3H3,(H,25,28). The van der Waals surface area contributed by atoms with Crippen LogP contribution in [0.3, 0.4) is 0 Å². The second kappa shape index (κ2) is 8.10. The highest BCUT2D eigenvalue weighted by molar-refractivity contribution is 7.99. The quantitative estimate of drug-likeness (QED) is 0.439. The summed E-state index contributed by atoms with van der Waals surface area (Å²) in [7, 11) is 0. The molecule has 1 N–H and O–H groups in total. The lowest BCUT2D eigenvalue weighted by molar-refractivity contribution is -0.119. The highest BCUT2D eigenvalue weighted by atomic mass is 32.2. The molecule has 2 aliphatic carbocycles. The van der Waals surface area contributed by atoms with Crippen LogP contribution >= 0.6 is 23.1 Å². The summed E-state index contributed by atoms with van der Waals surface area (Å²) in [5, 5.41) is 4.47. The van der Waals surface area contributed by atoms with Crippen molar-refractivity contribution >= 4 is 39.2 Å². The Morgan fingerprint density at radius 1 is 1.32 bits per heavy atom. The molecule has 0 saturated heterocycles. The Bertz CT molecular complexity index is 1240. The van der Waals surface area contributed by atoms with Gasteiger partial charge in [0.2, 0.25) is 5.91 Å². The van der Waals surface area contributed by atoms with Crippen molar-refractivity contribution in [2.45, 2.75) is 64.1 Å². The molecule has 1 aromatic carbocycles. The lowest BCUT2D eigenvalue weighted by Crippen LogP contribution is -2.35. The highest BCUT2D eigenvalue weighted by Crippen LogP contribution is 2.36. The van der Waals surface area contributed by atoms with Gasteiger partial charge in [-0.15, -0.1) is 11.3 Å². The normalized spacial score (nSPS) is 16.5. The minimum atomic E-state index is -0.00869. The van der Waals surface area contributed by atoms with Crippen LogP contribution in [-0.2, 0) is 17.6 Å². The van der Waals surface area contributed by atoms with Crippen molar-refractivity contribution in [2.24, 2.45) is 5.92 Å². The van der Waals surface area contributed by atoms with Gasteiger partial charge in [-0.25, -0.2) is 4.98 Å². The number of hydrogen-bond donors (Lipinski definition) is 1. The van der Waals surface area contributed by atoms with Gasteiger partial charge in [0.25, 0.3) is 5.56 Å². The molecule has 2 aliphatic rings. The number of aryl methyl sites for hydroxylation is 4. The first-order valence-electron chi connectivity index (χ1n) is 11.0. The molecule has 3 aromatic rings. The summed E-state index contributed by atoms with van der Waals surface area (Å²) in [6.45, 7) is 6.15. The topological polar surface area (TPSA) is 64.0 Å². The molecule has 2 heterocycles. The number of benzene rings is 1. The minimum absolute atomic E-state index is 0.000372. The summed E-state index contributed by atoms with van der Waals surface area (Å²) >= 11 is 3.00. The average Bonchev–Trinajstić information content (AvgIpc) is 3.38. The summed E-state index contributed by atoms with van der Waals surface area (Å²) in [5.74, 6) is 0.871. The zero-order valence-electron chi connectivity index (χ0n) is 18.2. The van der Waals surface area contributed by atoms with Crippen LogP contribution in [-0.4, -0.2) is 27.3 Å². The van der Waals surface area contributed by atoms with E-state index in [1.165, 1.54) is 35.0 Å². The molecular formula is C24H27N3O2S2. The number of amides is 1. The Hall–Kier alpha value is -2.12. The van der Waals surface area contributed by atoms with E-state index in [4.69, 9.17) is 4.98 Å². The number of carbonyl (C=O) groups excluding carboxylic acids is 1. The van der Waals surface area contributed by atoms with Gasteiger partial charge in [0.15, 0.2) is 5.16 Å². The van der Waals surface area contributed by atoms with Crippen LogP contribution in [0.25, 0.3) is 15.9 Å². The van der Waals surface area contributed by atoms with Crippen molar-refractivity contribution < 1.29 is 4.79 Å².